The predicted molar refractivity (Wildman–Crippen MR) is 173 cm³/mol. The van der Waals surface area contributed by atoms with Crippen LogP contribution < -0.4 is 25.8 Å². The first kappa shape index (κ1) is 32.1. The smallest absolute Gasteiger partial charge is 0.326 e. The summed E-state index contributed by atoms with van der Waals surface area (Å²) in [6, 6.07) is 23.6. The van der Waals surface area contributed by atoms with Crippen molar-refractivity contribution in [1.29, 1.82) is 0 Å². The Morgan fingerprint density at radius 3 is 2.20 bits per heavy atom. The van der Waals surface area contributed by atoms with Crippen LogP contribution in [0.15, 0.2) is 84.9 Å². The molecule has 46 heavy (non-hydrogen) atoms. The number of methoxy groups -OCH3 is 1. The number of carboxylic acids is 1. The molecule has 0 spiro atoms. The number of hydrazine groups is 1. The number of nitrogens with one attached hydrogen (secondary N) is 3. The summed E-state index contributed by atoms with van der Waals surface area (Å²) >= 11 is 0.929. The highest BCUT2D eigenvalue weighted by molar-refractivity contribution is 7.08. The lowest BCUT2D eigenvalue weighted by Gasteiger charge is -2.40. The van der Waals surface area contributed by atoms with Gasteiger partial charge in [0.1, 0.15) is 27.9 Å². The van der Waals surface area contributed by atoms with E-state index in [0.717, 1.165) is 11.5 Å². The molecule has 0 aliphatic heterocycles. The molecule has 3 aromatic carbocycles. The molecule has 1 aliphatic carbocycles. The fourth-order valence-electron chi connectivity index (χ4n) is 5.53. The van der Waals surface area contributed by atoms with Gasteiger partial charge in [0.15, 0.2) is 0 Å². The molecule has 1 saturated carbocycles. The Morgan fingerprint density at radius 2 is 1.59 bits per heavy atom. The van der Waals surface area contributed by atoms with Gasteiger partial charge in [0.2, 0.25) is 5.91 Å². The molecule has 4 N–H and O–H groups in total. The van der Waals surface area contributed by atoms with Crippen LogP contribution in [0.3, 0.4) is 0 Å². The number of aromatic nitrogens is 2. The van der Waals surface area contributed by atoms with Crippen LogP contribution in [0.25, 0.3) is 11.3 Å². The highest BCUT2D eigenvalue weighted by atomic mass is 32.1. The van der Waals surface area contributed by atoms with Crippen LogP contribution in [0.4, 0.5) is 11.4 Å². The molecule has 1 aliphatic rings. The van der Waals surface area contributed by atoms with Crippen LogP contribution in [-0.2, 0) is 14.4 Å². The molecule has 12 nitrogen and oxygen atoms in total. The number of para-hydroxylation sites is 1. The van der Waals surface area contributed by atoms with Gasteiger partial charge in [-0.3, -0.25) is 30.1 Å². The number of nitrogens with zero attached hydrogens (tertiary/aromatic N) is 3. The largest absolute Gasteiger partial charge is 0.497 e. The number of carbonyl (C=O) groups is 4. The Hall–Kier alpha value is -5.30. The standard InChI is InChI=1S/C33H34N6O6S/c1-21(31(42)43)39(25-11-7-4-8-12-25)30(41)23-17-19-33(20-18-23,32(44)37-35-24-13-15-26(45-2)16-14-24)34-29(40)28-27(36-38-46-28)22-9-5-3-6-10-22/h3-16,21,23,35H,17-20H2,1-2H3,(H,34,40)(H,37,44)(H,42,43)/t21-,23-,33+/m0/s1. The van der Waals surface area contributed by atoms with Crippen molar-refractivity contribution in [1.82, 2.24) is 20.3 Å². The van der Waals surface area contributed by atoms with Gasteiger partial charge in [-0.05, 0) is 80.5 Å². The first-order chi connectivity index (χ1) is 22.2. The minimum Gasteiger partial charge on any atom is -0.497 e. The molecular formula is C33H34N6O6S. The van der Waals surface area contributed by atoms with Crippen molar-refractivity contribution >= 4 is 46.6 Å². The normalized spacial score (nSPS) is 18.1. The molecule has 0 bridgehead atoms. The summed E-state index contributed by atoms with van der Waals surface area (Å²) < 4.78 is 9.19. The maximum absolute atomic E-state index is 13.9. The van der Waals surface area contributed by atoms with E-state index in [4.69, 9.17) is 4.74 Å². The van der Waals surface area contributed by atoms with E-state index >= 15 is 0 Å². The lowest BCUT2D eigenvalue weighted by molar-refractivity contribution is -0.140. The van der Waals surface area contributed by atoms with Crippen LogP contribution in [0.1, 0.15) is 42.3 Å². The van der Waals surface area contributed by atoms with Crippen molar-refractivity contribution < 1.29 is 29.0 Å². The zero-order valence-electron chi connectivity index (χ0n) is 25.3. The second-order valence-electron chi connectivity index (χ2n) is 11.0. The fraction of sp³-hybridized carbons (Fsp3) is 0.273. The number of amides is 3. The van der Waals surface area contributed by atoms with E-state index in [2.05, 4.69) is 25.8 Å². The summed E-state index contributed by atoms with van der Waals surface area (Å²) in [7, 11) is 1.56. The quantitative estimate of drug-likeness (QED) is 0.172. The van der Waals surface area contributed by atoms with E-state index in [1.165, 1.54) is 11.8 Å². The summed E-state index contributed by atoms with van der Waals surface area (Å²) in [5.41, 5.74) is 6.42. The number of carbonyl (C=O) groups excluding carboxylic acids is 3. The van der Waals surface area contributed by atoms with E-state index < -0.39 is 35.3 Å². The van der Waals surface area contributed by atoms with Gasteiger partial charge >= 0.3 is 5.97 Å². The number of aliphatic carboxylic acids is 1. The molecule has 1 fully saturated rings. The average Bonchev–Trinajstić information content (AvgIpc) is 3.59. The fourth-order valence-corrected chi connectivity index (χ4v) is 6.11. The Kier molecular flexibility index (Phi) is 9.91. The van der Waals surface area contributed by atoms with Crippen LogP contribution in [0.2, 0.25) is 0 Å². The SMILES string of the molecule is COc1ccc(NNC(=O)[C@]2(NC(=O)c3snnc3-c3ccccc3)CC[C@@H](C(=O)N(c3ccccc3)[C@@H](C)C(=O)O)CC2)cc1. The lowest BCUT2D eigenvalue weighted by atomic mass is 9.75. The molecule has 0 unspecified atom stereocenters. The number of hydrogen-bond acceptors (Lipinski definition) is 9. The minimum atomic E-state index is -1.39. The summed E-state index contributed by atoms with van der Waals surface area (Å²) in [5, 5.41) is 16.9. The monoisotopic (exact) mass is 642 g/mol. The van der Waals surface area contributed by atoms with Gasteiger partial charge in [-0.15, -0.1) is 5.10 Å². The maximum atomic E-state index is 13.9. The van der Waals surface area contributed by atoms with Gasteiger partial charge in [-0.25, -0.2) is 4.79 Å². The van der Waals surface area contributed by atoms with Crippen LogP contribution >= 0.6 is 11.5 Å². The van der Waals surface area contributed by atoms with Crippen molar-refractivity contribution in [2.75, 3.05) is 17.4 Å². The third kappa shape index (κ3) is 6.99. The zero-order chi connectivity index (χ0) is 32.7. The van der Waals surface area contributed by atoms with E-state index in [1.807, 2.05) is 30.3 Å². The summed E-state index contributed by atoms with van der Waals surface area (Å²) in [6.45, 7) is 1.46. The Labute approximate surface area is 269 Å². The first-order valence-electron chi connectivity index (χ1n) is 14.7. The topological polar surface area (TPSA) is 163 Å². The summed E-state index contributed by atoms with van der Waals surface area (Å²) in [6.07, 6.45) is 0.721. The van der Waals surface area contributed by atoms with Gasteiger partial charge in [0.05, 0.1) is 12.8 Å². The third-order valence-corrected chi connectivity index (χ3v) is 8.87. The van der Waals surface area contributed by atoms with Gasteiger partial charge < -0.3 is 15.2 Å². The maximum Gasteiger partial charge on any atom is 0.326 e. The summed E-state index contributed by atoms with van der Waals surface area (Å²) in [4.78, 5) is 55.0. The number of anilines is 2. The number of benzene rings is 3. The molecule has 3 amide bonds. The van der Waals surface area contributed by atoms with Crippen molar-refractivity contribution in [2.24, 2.45) is 5.92 Å². The van der Waals surface area contributed by atoms with E-state index in [1.54, 1.807) is 61.7 Å². The van der Waals surface area contributed by atoms with Crippen molar-refractivity contribution in [3.05, 3.63) is 89.8 Å². The first-order valence-corrected chi connectivity index (χ1v) is 15.5. The molecule has 238 valence electrons. The Morgan fingerprint density at radius 1 is 0.957 bits per heavy atom. The lowest BCUT2D eigenvalue weighted by Crippen LogP contribution is -2.62. The molecule has 4 aromatic rings. The third-order valence-electron chi connectivity index (χ3n) is 8.14. The van der Waals surface area contributed by atoms with Gasteiger partial charge in [0.25, 0.3) is 11.8 Å². The Balaban J connectivity index is 1.38. The predicted octanol–water partition coefficient (Wildman–Crippen LogP) is 4.52. The molecule has 13 heteroatoms. The van der Waals surface area contributed by atoms with Crippen molar-refractivity contribution in [3.63, 3.8) is 0 Å². The van der Waals surface area contributed by atoms with Crippen molar-refractivity contribution in [3.8, 4) is 17.0 Å². The number of ether oxygens (including phenoxy) is 1. The number of rotatable bonds is 11. The van der Waals surface area contributed by atoms with E-state index in [-0.39, 0.29) is 36.5 Å². The number of carboxylic acid groups (broad SMARTS) is 1. The highest BCUT2D eigenvalue weighted by Gasteiger charge is 2.46. The second kappa shape index (κ2) is 14.2. The van der Waals surface area contributed by atoms with Crippen molar-refractivity contribution in [2.45, 2.75) is 44.2 Å². The molecule has 0 radical (unpaired) electrons. The number of hydrogen-bond donors (Lipinski definition) is 4. The molecule has 0 saturated heterocycles. The molecule has 1 atom stereocenters. The van der Waals surface area contributed by atoms with Gasteiger partial charge in [-0.2, -0.15) is 0 Å². The van der Waals surface area contributed by atoms with Crippen LogP contribution in [0, 0.1) is 5.92 Å². The highest BCUT2D eigenvalue weighted by Crippen LogP contribution is 2.36. The minimum absolute atomic E-state index is 0.127. The summed E-state index contributed by atoms with van der Waals surface area (Å²) in [5.74, 6) is -2.40. The van der Waals surface area contributed by atoms with Gasteiger partial charge in [0, 0.05) is 17.2 Å². The molecule has 1 aromatic heterocycles. The van der Waals surface area contributed by atoms with E-state index in [0.29, 0.717) is 28.4 Å². The van der Waals surface area contributed by atoms with Gasteiger partial charge in [-0.1, -0.05) is 53.0 Å². The molecular weight excluding hydrogens is 608 g/mol. The average molecular weight is 643 g/mol. The second-order valence-corrected chi connectivity index (χ2v) is 11.7. The van der Waals surface area contributed by atoms with Crippen LogP contribution in [-0.4, -0.2) is 57.1 Å². The molecule has 1 heterocycles. The zero-order valence-corrected chi connectivity index (χ0v) is 26.1. The van der Waals surface area contributed by atoms with E-state index in [9.17, 15) is 24.3 Å². The van der Waals surface area contributed by atoms with Crippen LogP contribution in [0.5, 0.6) is 5.75 Å². The molecule has 5 rings (SSSR count). The Bertz CT molecular complexity index is 1670.